The third-order valence-corrected chi connectivity index (χ3v) is 4.62. The van der Waals surface area contributed by atoms with E-state index in [9.17, 15) is 14.4 Å². The number of halogens is 2. The highest BCUT2D eigenvalue weighted by Gasteiger charge is 2.41. The number of carbonyl (C=O) groups excluding carboxylic acids is 3. The van der Waals surface area contributed by atoms with E-state index in [-0.39, 0.29) is 4.91 Å². The monoisotopic (exact) mass is 359 g/mol. The maximum Gasteiger partial charge on any atom is 0.328 e. The Morgan fingerprint density at radius 2 is 2.00 bits per heavy atom. The molecule has 1 aromatic carbocycles. The predicted molar refractivity (Wildman–Crippen MR) is 85.8 cm³/mol. The quantitative estimate of drug-likeness (QED) is 0.609. The first-order valence-corrected chi connectivity index (χ1v) is 7.72. The number of carbonyl (C=O) groups is 3. The molecule has 22 heavy (non-hydrogen) atoms. The molecule has 2 amide bonds. The summed E-state index contributed by atoms with van der Waals surface area (Å²) in [5.74, 6) is -1.20. The van der Waals surface area contributed by atoms with Crippen molar-refractivity contribution < 1.29 is 19.1 Å². The number of imide groups is 1. The SMILES string of the molecule is COC(=O)[C@@H](C)N1C(=O)S/C(=C/c2ccc(Cl)c(Cl)c2)C1=O. The van der Waals surface area contributed by atoms with Gasteiger partial charge in [-0.05, 0) is 42.5 Å². The number of rotatable bonds is 3. The second kappa shape index (κ2) is 6.73. The lowest BCUT2D eigenvalue weighted by Gasteiger charge is -2.18. The first-order chi connectivity index (χ1) is 10.3. The van der Waals surface area contributed by atoms with Crippen LogP contribution in [0, 0.1) is 0 Å². The number of nitrogens with zero attached hydrogens (tertiary/aromatic N) is 1. The van der Waals surface area contributed by atoms with Crippen LogP contribution in [0.1, 0.15) is 12.5 Å². The van der Waals surface area contributed by atoms with Gasteiger partial charge in [-0.2, -0.15) is 0 Å². The van der Waals surface area contributed by atoms with Crippen LogP contribution in [-0.2, 0) is 14.3 Å². The summed E-state index contributed by atoms with van der Waals surface area (Å²) in [6, 6.07) is 3.88. The first-order valence-electron chi connectivity index (χ1n) is 6.15. The topological polar surface area (TPSA) is 63.7 Å². The number of hydrogen-bond acceptors (Lipinski definition) is 5. The van der Waals surface area contributed by atoms with Crippen LogP contribution in [0.5, 0.6) is 0 Å². The fourth-order valence-electron chi connectivity index (χ4n) is 1.84. The lowest BCUT2D eigenvalue weighted by atomic mass is 10.2. The molecule has 2 rings (SSSR count). The van der Waals surface area contributed by atoms with E-state index < -0.39 is 23.2 Å². The minimum atomic E-state index is -0.975. The molecule has 116 valence electrons. The molecule has 1 aliphatic rings. The number of methoxy groups -OCH3 is 1. The van der Waals surface area contributed by atoms with E-state index in [0.29, 0.717) is 15.6 Å². The molecule has 0 radical (unpaired) electrons. The maximum atomic E-state index is 12.3. The third kappa shape index (κ3) is 3.29. The van der Waals surface area contributed by atoms with E-state index in [4.69, 9.17) is 23.2 Å². The normalized spacial score (nSPS) is 18.0. The maximum absolute atomic E-state index is 12.3. The van der Waals surface area contributed by atoms with Gasteiger partial charge in [-0.3, -0.25) is 14.5 Å². The molecular formula is C14H11Cl2NO4S. The van der Waals surface area contributed by atoms with Gasteiger partial charge in [0.15, 0.2) is 0 Å². The van der Waals surface area contributed by atoms with Crippen LogP contribution in [0.3, 0.4) is 0 Å². The van der Waals surface area contributed by atoms with Crippen molar-refractivity contribution in [3.05, 3.63) is 38.7 Å². The Hall–Kier alpha value is -1.50. The van der Waals surface area contributed by atoms with Crippen molar-refractivity contribution >= 4 is 58.2 Å². The molecule has 0 unspecified atom stereocenters. The molecule has 1 aromatic rings. The highest BCUT2D eigenvalue weighted by molar-refractivity contribution is 8.18. The number of benzene rings is 1. The summed E-state index contributed by atoms with van der Waals surface area (Å²) in [4.78, 5) is 36.8. The van der Waals surface area contributed by atoms with Crippen molar-refractivity contribution in [2.75, 3.05) is 7.11 Å². The van der Waals surface area contributed by atoms with Gasteiger partial charge in [0.2, 0.25) is 0 Å². The van der Waals surface area contributed by atoms with Gasteiger partial charge in [0.25, 0.3) is 11.1 Å². The zero-order chi connectivity index (χ0) is 16.4. The number of thioether (sulfide) groups is 1. The lowest BCUT2D eigenvalue weighted by molar-refractivity contribution is -0.148. The van der Waals surface area contributed by atoms with E-state index in [2.05, 4.69) is 4.74 Å². The molecule has 5 nitrogen and oxygen atoms in total. The number of esters is 1. The van der Waals surface area contributed by atoms with Gasteiger partial charge in [-0.1, -0.05) is 29.3 Å². The molecule has 1 heterocycles. The molecule has 1 fully saturated rings. The number of hydrogen-bond donors (Lipinski definition) is 0. The summed E-state index contributed by atoms with van der Waals surface area (Å²) >= 11 is 12.5. The Balaban J connectivity index is 2.29. The Morgan fingerprint density at radius 1 is 1.32 bits per heavy atom. The molecule has 0 spiro atoms. The van der Waals surface area contributed by atoms with Crippen molar-refractivity contribution in [1.82, 2.24) is 4.90 Å². The van der Waals surface area contributed by atoms with Gasteiger partial charge in [0.1, 0.15) is 6.04 Å². The minimum absolute atomic E-state index is 0.208. The van der Waals surface area contributed by atoms with E-state index in [1.807, 2.05) is 0 Å². The summed E-state index contributed by atoms with van der Waals surface area (Å²) in [6.45, 7) is 1.43. The summed E-state index contributed by atoms with van der Waals surface area (Å²) < 4.78 is 4.56. The fourth-order valence-corrected chi connectivity index (χ4v) is 3.06. The van der Waals surface area contributed by atoms with E-state index in [0.717, 1.165) is 16.7 Å². The van der Waals surface area contributed by atoms with Crippen LogP contribution >= 0.6 is 35.0 Å². The second-order valence-corrected chi connectivity index (χ2v) is 6.23. The van der Waals surface area contributed by atoms with Gasteiger partial charge in [0.05, 0.1) is 22.1 Å². The van der Waals surface area contributed by atoms with Gasteiger partial charge >= 0.3 is 5.97 Å². The molecule has 0 N–H and O–H groups in total. The predicted octanol–water partition coefficient (Wildman–Crippen LogP) is 3.59. The van der Waals surface area contributed by atoms with Gasteiger partial charge in [0, 0.05) is 0 Å². The zero-order valence-corrected chi connectivity index (χ0v) is 14.0. The van der Waals surface area contributed by atoms with Crippen molar-refractivity contribution in [2.24, 2.45) is 0 Å². The highest BCUT2D eigenvalue weighted by atomic mass is 35.5. The van der Waals surface area contributed by atoms with Crippen LogP contribution in [0.15, 0.2) is 23.1 Å². The van der Waals surface area contributed by atoms with Crippen molar-refractivity contribution in [2.45, 2.75) is 13.0 Å². The van der Waals surface area contributed by atoms with Gasteiger partial charge in [-0.15, -0.1) is 0 Å². The summed E-state index contributed by atoms with van der Waals surface area (Å²) in [6.07, 6.45) is 1.52. The Kier molecular flexibility index (Phi) is 5.16. The van der Waals surface area contributed by atoms with Crippen LogP contribution in [0.4, 0.5) is 4.79 Å². The minimum Gasteiger partial charge on any atom is -0.467 e. The standard InChI is InChI=1S/C14H11Cl2NO4S/c1-7(13(19)21-2)17-12(18)11(22-14(17)20)6-8-3-4-9(15)10(16)5-8/h3-7H,1-2H3/b11-6+/t7-/m1/s1. The Bertz CT molecular complexity index is 689. The molecule has 0 aromatic heterocycles. The number of amides is 2. The average molecular weight is 360 g/mol. The molecule has 1 atom stereocenters. The van der Waals surface area contributed by atoms with Crippen molar-refractivity contribution in [3.63, 3.8) is 0 Å². The Labute approximate surface area is 141 Å². The van der Waals surface area contributed by atoms with Crippen LogP contribution < -0.4 is 0 Å². The van der Waals surface area contributed by atoms with E-state index in [1.54, 1.807) is 18.2 Å². The van der Waals surface area contributed by atoms with Crippen LogP contribution in [-0.4, -0.2) is 35.2 Å². The van der Waals surface area contributed by atoms with Gasteiger partial charge < -0.3 is 4.74 Å². The molecule has 0 bridgehead atoms. The van der Waals surface area contributed by atoms with Gasteiger partial charge in [-0.25, -0.2) is 4.79 Å². The van der Waals surface area contributed by atoms with E-state index >= 15 is 0 Å². The van der Waals surface area contributed by atoms with Crippen molar-refractivity contribution in [3.8, 4) is 0 Å². The summed E-state index contributed by atoms with van der Waals surface area (Å²) in [5, 5.41) is 0.220. The molecule has 0 saturated carbocycles. The first kappa shape index (κ1) is 16.9. The average Bonchev–Trinajstić information content (AvgIpc) is 2.75. The molecular weight excluding hydrogens is 349 g/mol. The largest absolute Gasteiger partial charge is 0.467 e. The van der Waals surface area contributed by atoms with Crippen LogP contribution in [0.25, 0.3) is 6.08 Å². The smallest absolute Gasteiger partial charge is 0.328 e. The second-order valence-electron chi connectivity index (χ2n) is 4.42. The Morgan fingerprint density at radius 3 is 2.59 bits per heavy atom. The number of ether oxygens (including phenoxy) is 1. The lowest BCUT2D eigenvalue weighted by Crippen LogP contribution is -2.42. The molecule has 8 heteroatoms. The fraction of sp³-hybridized carbons (Fsp3) is 0.214. The molecule has 1 saturated heterocycles. The van der Waals surface area contributed by atoms with Crippen molar-refractivity contribution in [1.29, 1.82) is 0 Å². The third-order valence-electron chi connectivity index (χ3n) is 2.99. The molecule has 0 aliphatic carbocycles. The summed E-state index contributed by atoms with van der Waals surface area (Å²) in [5.41, 5.74) is 0.630. The molecule has 1 aliphatic heterocycles. The van der Waals surface area contributed by atoms with Crippen LogP contribution in [0.2, 0.25) is 10.0 Å². The zero-order valence-electron chi connectivity index (χ0n) is 11.6. The van der Waals surface area contributed by atoms with E-state index in [1.165, 1.54) is 20.1 Å². The highest BCUT2D eigenvalue weighted by Crippen LogP contribution is 2.34. The summed E-state index contributed by atoms with van der Waals surface area (Å²) in [7, 11) is 1.20.